The Labute approximate surface area is 114 Å². The van der Waals surface area contributed by atoms with Crippen molar-refractivity contribution in [2.45, 2.75) is 19.6 Å². The second-order valence-electron chi connectivity index (χ2n) is 4.47. The van der Waals surface area contributed by atoms with Gasteiger partial charge in [-0.15, -0.1) is 0 Å². The fraction of sp³-hybridized carbons (Fsp3) is 0.250. The molecule has 1 unspecified atom stereocenters. The van der Waals surface area contributed by atoms with E-state index in [1.165, 1.54) is 0 Å². The van der Waals surface area contributed by atoms with E-state index in [1.807, 2.05) is 55.5 Å². The summed E-state index contributed by atoms with van der Waals surface area (Å²) in [5.41, 5.74) is 8.06. The molecule has 0 radical (unpaired) electrons. The predicted octanol–water partition coefficient (Wildman–Crippen LogP) is 3.29. The Morgan fingerprint density at radius 1 is 1.11 bits per heavy atom. The first-order valence-electron chi connectivity index (χ1n) is 6.31. The quantitative estimate of drug-likeness (QED) is 0.893. The van der Waals surface area contributed by atoms with Gasteiger partial charge >= 0.3 is 0 Å². The third-order valence-electron chi connectivity index (χ3n) is 2.95. The summed E-state index contributed by atoms with van der Waals surface area (Å²) >= 11 is 0. The van der Waals surface area contributed by atoms with E-state index in [2.05, 4.69) is 0 Å². The molecule has 0 aliphatic heterocycles. The average molecular weight is 257 g/mol. The van der Waals surface area contributed by atoms with Crippen LogP contribution in [0, 0.1) is 0 Å². The highest BCUT2D eigenvalue weighted by Gasteiger charge is 2.09. The Hall–Kier alpha value is -2.00. The molecule has 2 aromatic rings. The summed E-state index contributed by atoms with van der Waals surface area (Å²) in [4.78, 5) is 0. The Morgan fingerprint density at radius 3 is 2.47 bits per heavy atom. The van der Waals surface area contributed by atoms with Crippen molar-refractivity contribution in [3.63, 3.8) is 0 Å². The van der Waals surface area contributed by atoms with Gasteiger partial charge in [0, 0.05) is 17.7 Å². The van der Waals surface area contributed by atoms with Crippen LogP contribution in [-0.2, 0) is 6.61 Å². The molecule has 2 N–H and O–H groups in total. The number of hydrogen-bond donors (Lipinski definition) is 1. The first-order chi connectivity index (χ1) is 9.20. The molecular formula is C16H19NO2. The zero-order valence-electron chi connectivity index (χ0n) is 11.3. The molecule has 0 aliphatic carbocycles. The van der Waals surface area contributed by atoms with Crippen LogP contribution in [0.15, 0.2) is 48.5 Å². The van der Waals surface area contributed by atoms with Crippen molar-refractivity contribution in [3.8, 4) is 11.5 Å². The number of benzene rings is 2. The average Bonchev–Trinajstić information content (AvgIpc) is 2.45. The molecule has 2 rings (SSSR count). The molecular weight excluding hydrogens is 238 g/mol. The fourth-order valence-corrected chi connectivity index (χ4v) is 1.88. The van der Waals surface area contributed by atoms with E-state index < -0.39 is 0 Å². The van der Waals surface area contributed by atoms with E-state index in [-0.39, 0.29) is 6.04 Å². The van der Waals surface area contributed by atoms with Gasteiger partial charge in [-0.1, -0.05) is 36.4 Å². The molecule has 0 aromatic heterocycles. The van der Waals surface area contributed by atoms with Crippen molar-refractivity contribution < 1.29 is 9.47 Å². The summed E-state index contributed by atoms with van der Waals surface area (Å²) in [6.07, 6.45) is 0. The van der Waals surface area contributed by atoms with Crippen LogP contribution >= 0.6 is 0 Å². The smallest absolute Gasteiger partial charge is 0.128 e. The summed E-state index contributed by atoms with van der Waals surface area (Å²) in [5.74, 6) is 1.55. The second-order valence-corrected chi connectivity index (χ2v) is 4.47. The normalized spacial score (nSPS) is 11.9. The minimum Gasteiger partial charge on any atom is -0.497 e. The molecule has 1 atom stereocenters. The Balaban J connectivity index is 2.18. The van der Waals surface area contributed by atoms with Gasteiger partial charge in [-0.2, -0.15) is 0 Å². The van der Waals surface area contributed by atoms with E-state index in [4.69, 9.17) is 15.2 Å². The maximum atomic E-state index is 5.95. The largest absolute Gasteiger partial charge is 0.497 e. The van der Waals surface area contributed by atoms with Crippen molar-refractivity contribution in [2.75, 3.05) is 7.11 Å². The molecule has 0 bridgehead atoms. The standard InChI is InChI=1S/C16H19NO2/c1-12(17)15-9-8-14(18-2)10-16(15)19-11-13-6-4-3-5-7-13/h3-10,12H,11,17H2,1-2H3. The molecule has 3 heteroatoms. The van der Waals surface area contributed by atoms with Crippen LogP contribution in [0.1, 0.15) is 24.1 Å². The Bertz CT molecular complexity index is 524. The topological polar surface area (TPSA) is 44.5 Å². The highest BCUT2D eigenvalue weighted by atomic mass is 16.5. The zero-order chi connectivity index (χ0) is 13.7. The SMILES string of the molecule is COc1ccc(C(C)N)c(OCc2ccccc2)c1. The van der Waals surface area contributed by atoms with Gasteiger partial charge in [-0.3, -0.25) is 0 Å². The molecule has 3 nitrogen and oxygen atoms in total. The third-order valence-corrected chi connectivity index (χ3v) is 2.95. The fourth-order valence-electron chi connectivity index (χ4n) is 1.88. The lowest BCUT2D eigenvalue weighted by atomic mass is 10.1. The van der Waals surface area contributed by atoms with Crippen molar-refractivity contribution >= 4 is 0 Å². The summed E-state index contributed by atoms with van der Waals surface area (Å²) < 4.78 is 11.1. The molecule has 19 heavy (non-hydrogen) atoms. The van der Waals surface area contributed by atoms with Gasteiger partial charge in [0.15, 0.2) is 0 Å². The van der Waals surface area contributed by atoms with Crippen LogP contribution in [0.4, 0.5) is 0 Å². The van der Waals surface area contributed by atoms with Gasteiger partial charge < -0.3 is 15.2 Å². The summed E-state index contributed by atoms with van der Waals surface area (Å²) in [6.45, 7) is 2.46. The lowest BCUT2D eigenvalue weighted by molar-refractivity contribution is 0.299. The van der Waals surface area contributed by atoms with Crippen molar-refractivity contribution in [2.24, 2.45) is 5.73 Å². The van der Waals surface area contributed by atoms with Crippen LogP contribution < -0.4 is 15.2 Å². The van der Waals surface area contributed by atoms with E-state index in [9.17, 15) is 0 Å². The Morgan fingerprint density at radius 2 is 1.84 bits per heavy atom. The zero-order valence-corrected chi connectivity index (χ0v) is 11.3. The van der Waals surface area contributed by atoms with E-state index in [1.54, 1.807) is 7.11 Å². The number of nitrogens with two attached hydrogens (primary N) is 1. The molecule has 0 amide bonds. The van der Waals surface area contributed by atoms with E-state index in [0.29, 0.717) is 6.61 Å². The lowest BCUT2D eigenvalue weighted by Crippen LogP contribution is -2.08. The van der Waals surface area contributed by atoms with Crippen molar-refractivity contribution in [1.82, 2.24) is 0 Å². The molecule has 0 aliphatic rings. The molecule has 0 spiro atoms. The van der Waals surface area contributed by atoms with Crippen LogP contribution in [-0.4, -0.2) is 7.11 Å². The van der Waals surface area contributed by atoms with Crippen molar-refractivity contribution in [1.29, 1.82) is 0 Å². The predicted molar refractivity (Wildman–Crippen MR) is 76.4 cm³/mol. The highest BCUT2D eigenvalue weighted by Crippen LogP contribution is 2.29. The molecule has 0 saturated carbocycles. The van der Waals surface area contributed by atoms with Crippen LogP contribution in [0.25, 0.3) is 0 Å². The van der Waals surface area contributed by atoms with E-state index in [0.717, 1.165) is 22.6 Å². The maximum Gasteiger partial charge on any atom is 0.128 e. The van der Waals surface area contributed by atoms with Gasteiger partial charge in [-0.05, 0) is 18.6 Å². The minimum atomic E-state index is -0.0725. The molecule has 100 valence electrons. The van der Waals surface area contributed by atoms with Gasteiger partial charge in [0.05, 0.1) is 7.11 Å². The van der Waals surface area contributed by atoms with Gasteiger partial charge in [0.25, 0.3) is 0 Å². The second kappa shape index (κ2) is 6.25. The van der Waals surface area contributed by atoms with E-state index >= 15 is 0 Å². The maximum absolute atomic E-state index is 5.95. The molecule has 0 saturated heterocycles. The van der Waals surface area contributed by atoms with Crippen LogP contribution in [0.3, 0.4) is 0 Å². The first-order valence-corrected chi connectivity index (χ1v) is 6.31. The number of hydrogen-bond acceptors (Lipinski definition) is 3. The third kappa shape index (κ3) is 3.48. The van der Waals surface area contributed by atoms with Gasteiger partial charge in [-0.25, -0.2) is 0 Å². The number of ether oxygens (including phenoxy) is 2. The lowest BCUT2D eigenvalue weighted by Gasteiger charge is -2.15. The van der Waals surface area contributed by atoms with Crippen molar-refractivity contribution in [3.05, 3.63) is 59.7 Å². The number of methoxy groups -OCH3 is 1. The van der Waals surface area contributed by atoms with Crippen LogP contribution in [0.2, 0.25) is 0 Å². The highest BCUT2D eigenvalue weighted by molar-refractivity contribution is 5.42. The Kier molecular flexibility index (Phi) is 4.42. The van der Waals surface area contributed by atoms with Gasteiger partial charge in [0.1, 0.15) is 18.1 Å². The number of rotatable bonds is 5. The summed E-state index contributed by atoms with van der Waals surface area (Å²) in [5, 5.41) is 0. The molecule has 0 fully saturated rings. The molecule has 0 heterocycles. The minimum absolute atomic E-state index is 0.0725. The monoisotopic (exact) mass is 257 g/mol. The molecule has 2 aromatic carbocycles. The first kappa shape index (κ1) is 13.4. The summed E-state index contributed by atoms with van der Waals surface area (Å²) in [7, 11) is 1.64. The van der Waals surface area contributed by atoms with Gasteiger partial charge in [0.2, 0.25) is 0 Å². The van der Waals surface area contributed by atoms with Crippen LogP contribution in [0.5, 0.6) is 11.5 Å². The summed E-state index contributed by atoms with van der Waals surface area (Å²) in [6, 6.07) is 15.7.